The van der Waals surface area contributed by atoms with E-state index in [2.05, 4.69) is 26.1 Å². The molecule has 0 fully saturated rings. The van der Waals surface area contributed by atoms with Gasteiger partial charge in [-0.2, -0.15) is 0 Å². The Kier molecular flexibility index (Phi) is 5.68. The first kappa shape index (κ1) is 17.7. The van der Waals surface area contributed by atoms with E-state index in [1.165, 1.54) is 7.05 Å². The highest BCUT2D eigenvalue weighted by Gasteiger charge is 2.16. The van der Waals surface area contributed by atoms with E-state index in [9.17, 15) is 14.4 Å². The molecule has 0 saturated carbocycles. The zero-order valence-electron chi connectivity index (χ0n) is 13.3. The number of carbonyl (C=O) groups is 3. The van der Waals surface area contributed by atoms with Crippen LogP contribution in [0.15, 0.2) is 24.3 Å². The molecule has 1 rings (SSSR count). The number of benzene rings is 1. The van der Waals surface area contributed by atoms with Gasteiger partial charge in [0.1, 0.15) is 6.54 Å². The van der Waals surface area contributed by atoms with Gasteiger partial charge in [0.05, 0.1) is 6.54 Å². The Morgan fingerprint density at radius 2 is 1.68 bits per heavy atom. The van der Waals surface area contributed by atoms with Gasteiger partial charge in [-0.3, -0.25) is 14.4 Å². The van der Waals surface area contributed by atoms with Crippen LogP contribution in [0.5, 0.6) is 0 Å². The van der Waals surface area contributed by atoms with Gasteiger partial charge in [-0.15, -0.1) is 0 Å². The van der Waals surface area contributed by atoms with E-state index in [4.69, 9.17) is 5.11 Å². The number of hydrogen-bond acceptors (Lipinski definition) is 3. The van der Waals surface area contributed by atoms with E-state index in [0.29, 0.717) is 5.56 Å². The molecule has 120 valence electrons. The SMILES string of the molecule is CN(CC(=O)O)C(=O)CNC(=O)c1ccc(C(C)(C)C)cc1. The summed E-state index contributed by atoms with van der Waals surface area (Å²) < 4.78 is 0. The predicted octanol–water partition coefficient (Wildman–Crippen LogP) is 1.26. The first-order valence-electron chi connectivity index (χ1n) is 6.96. The quantitative estimate of drug-likeness (QED) is 0.857. The van der Waals surface area contributed by atoms with Gasteiger partial charge in [0, 0.05) is 12.6 Å². The van der Waals surface area contributed by atoms with Gasteiger partial charge in [0.15, 0.2) is 0 Å². The second-order valence-electron chi connectivity index (χ2n) is 6.15. The third kappa shape index (κ3) is 5.20. The van der Waals surface area contributed by atoms with Crippen LogP contribution in [0.1, 0.15) is 36.7 Å². The molecule has 0 aliphatic rings. The van der Waals surface area contributed by atoms with Gasteiger partial charge in [-0.05, 0) is 23.1 Å². The van der Waals surface area contributed by atoms with E-state index in [-0.39, 0.29) is 17.9 Å². The highest BCUT2D eigenvalue weighted by Crippen LogP contribution is 2.22. The van der Waals surface area contributed by atoms with Crippen LogP contribution in [0.4, 0.5) is 0 Å². The fraction of sp³-hybridized carbons (Fsp3) is 0.438. The van der Waals surface area contributed by atoms with Crippen molar-refractivity contribution in [1.82, 2.24) is 10.2 Å². The lowest BCUT2D eigenvalue weighted by molar-refractivity contribution is -0.143. The summed E-state index contributed by atoms with van der Waals surface area (Å²) in [5.41, 5.74) is 1.58. The van der Waals surface area contributed by atoms with Crippen LogP contribution >= 0.6 is 0 Å². The molecule has 0 spiro atoms. The Morgan fingerprint density at radius 3 is 2.14 bits per heavy atom. The molecule has 6 heteroatoms. The smallest absolute Gasteiger partial charge is 0.323 e. The van der Waals surface area contributed by atoms with Crippen molar-refractivity contribution in [2.45, 2.75) is 26.2 Å². The van der Waals surface area contributed by atoms with Gasteiger partial charge in [-0.1, -0.05) is 32.9 Å². The minimum atomic E-state index is -1.10. The van der Waals surface area contributed by atoms with Crippen molar-refractivity contribution in [3.63, 3.8) is 0 Å². The van der Waals surface area contributed by atoms with Gasteiger partial charge in [0.25, 0.3) is 5.91 Å². The lowest BCUT2D eigenvalue weighted by Crippen LogP contribution is -2.40. The maximum atomic E-state index is 12.0. The van der Waals surface area contributed by atoms with E-state index < -0.39 is 18.4 Å². The molecule has 0 bridgehead atoms. The Balaban J connectivity index is 2.59. The molecule has 0 aliphatic carbocycles. The molecule has 22 heavy (non-hydrogen) atoms. The number of aliphatic carboxylic acids is 1. The van der Waals surface area contributed by atoms with E-state index in [1.54, 1.807) is 12.1 Å². The minimum Gasteiger partial charge on any atom is -0.480 e. The molecular weight excluding hydrogens is 284 g/mol. The maximum absolute atomic E-state index is 12.0. The highest BCUT2D eigenvalue weighted by molar-refractivity contribution is 5.96. The molecule has 2 amide bonds. The molecule has 1 aromatic carbocycles. The maximum Gasteiger partial charge on any atom is 0.323 e. The summed E-state index contributed by atoms with van der Waals surface area (Å²) in [7, 11) is 1.38. The van der Waals surface area contributed by atoms with Crippen LogP contribution < -0.4 is 5.32 Å². The monoisotopic (exact) mass is 306 g/mol. The number of carbonyl (C=O) groups excluding carboxylic acids is 2. The first-order chi connectivity index (χ1) is 10.1. The zero-order chi connectivity index (χ0) is 16.9. The molecule has 0 aromatic heterocycles. The predicted molar refractivity (Wildman–Crippen MR) is 82.7 cm³/mol. The number of amides is 2. The molecule has 0 heterocycles. The van der Waals surface area contributed by atoms with E-state index in [1.807, 2.05) is 12.1 Å². The fourth-order valence-corrected chi connectivity index (χ4v) is 1.81. The average molecular weight is 306 g/mol. The van der Waals surface area contributed by atoms with Crippen LogP contribution in [0.25, 0.3) is 0 Å². The topological polar surface area (TPSA) is 86.7 Å². The van der Waals surface area contributed by atoms with Gasteiger partial charge < -0.3 is 15.3 Å². The molecule has 1 aromatic rings. The summed E-state index contributed by atoms with van der Waals surface area (Å²) >= 11 is 0. The third-order valence-corrected chi connectivity index (χ3v) is 3.21. The Morgan fingerprint density at radius 1 is 1.14 bits per heavy atom. The molecule has 0 atom stereocenters. The van der Waals surface area contributed by atoms with Crippen molar-refractivity contribution < 1.29 is 19.5 Å². The largest absolute Gasteiger partial charge is 0.480 e. The fourth-order valence-electron chi connectivity index (χ4n) is 1.81. The molecule has 0 unspecified atom stereocenters. The summed E-state index contributed by atoms with van der Waals surface area (Å²) in [6, 6.07) is 7.18. The molecule has 0 aliphatic heterocycles. The van der Waals surface area contributed by atoms with Crippen molar-refractivity contribution in [2.75, 3.05) is 20.1 Å². The van der Waals surface area contributed by atoms with Crippen LogP contribution in [-0.2, 0) is 15.0 Å². The van der Waals surface area contributed by atoms with Crippen molar-refractivity contribution in [3.05, 3.63) is 35.4 Å². The van der Waals surface area contributed by atoms with Gasteiger partial charge >= 0.3 is 5.97 Å². The van der Waals surface area contributed by atoms with Crippen molar-refractivity contribution >= 4 is 17.8 Å². The van der Waals surface area contributed by atoms with E-state index in [0.717, 1.165) is 10.5 Å². The number of likely N-dealkylation sites (N-methyl/N-ethyl adjacent to an activating group) is 1. The van der Waals surface area contributed by atoms with Gasteiger partial charge in [-0.25, -0.2) is 0 Å². The highest BCUT2D eigenvalue weighted by atomic mass is 16.4. The third-order valence-electron chi connectivity index (χ3n) is 3.21. The number of rotatable bonds is 5. The van der Waals surface area contributed by atoms with Crippen LogP contribution in [0.2, 0.25) is 0 Å². The van der Waals surface area contributed by atoms with E-state index >= 15 is 0 Å². The molecule has 6 nitrogen and oxygen atoms in total. The minimum absolute atomic E-state index is 0.00448. The Labute approximate surface area is 130 Å². The summed E-state index contributed by atoms with van der Waals surface area (Å²) in [5, 5.41) is 11.1. The second kappa shape index (κ2) is 7.06. The number of carboxylic acid groups (broad SMARTS) is 1. The molecule has 0 saturated heterocycles. The first-order valence-corrected chi connectivity index (χ1v) is 6.96. The lowest BCUT2D eigenvalue weighted by Gasteiger charge is -2.19. The van der Waals surface area contributed by atoms with Crippen LogP contribution in [-0.4, -0.2) is 47.9 Å². The van der Waals surface area contributed by atoms with Crippen molar-refractivity contribution in [3.8, 4) is 0 Å². The van der Waals surface area contributed by atoms with Crippen LogP contribution in [0.3, 0.4) is 0 Å². The number of carboxylic acids is 1. The van der Waals surface area contributed by atoms with Gasteiger partial charge in [0.2, 0.25) is 5.91 Å². The summed E-state index contributed by atoms with van der Waals surface area (Å²) in [6.07, 6.45) is 0. The Hall–Kier alpha value is -2.37. The van der Waals surface area contributed by atoms with Crippen molar-refractivity contribution in [1.29, 1.82) is 0 Å². The number of nitrogens with zero attached hydrogens (tertiary/aromatic N) is 1. The summed E-state index contributed by atoms with van der Waals surface area (Å²) in [4.78, 5) is 35.2. The van der Waals surface area contributed by atoms with Crippen LogP contribution in [0, 0.1) is 0 Å². The Bertz CT molecular complexity index is 559. The summed E-state index contributed by atoms with van der Waals surface area (Å²) in [5.74, 6) is -1.92. The summed E-state index contributed by atoms with van der Waals surface area (Å²) in [6.45, 7) is 5.62. The number of nitrogens with one attached hydrogen (secondary N) is 1. The zero-order valence-corrected chi connectivity index (χ0v) is 13.3. The normalized spacial score (nSPS) is 10.9. The molecule has 2 N–H and O–H groups in total. The second-order valence-corrected chi connectivity index (χ2v) is 6.15. The standard InChI is InChI=1S/C16H22N2O4/c1-16(2,3)12-7-5-11(6-8-12)15(22)17-9-13(19)18(4)10-14(20)21/h5-8H,9-10H2,1-4H3,(H,17,22)(H,20,21). The molecular formula is C16H22N2O4. The average Bonchev–Trinajstić information content (AvgIpc) is 2.42. The van der Waals surface area contributed by atoms with Crippen molar-refractivity contribution in [2.24, 2.45) is 0 Å². The number of hydrogen-bond donors (Lipinski definition) is 2. The lowest BCUT2D eigenvalue weighted by atomic mass is 9.87. The molecule has 0 radical (unpaired) electrons.